The predicted octanol–water partition coefficient (Wildman–Crippen LogP) is 2.79. The van der Waals surface area contributed by atoms with Gasteiger partial charge in [0.1, 0.15) is 13.2 Å². The number of carbonyl (C=O) groups excluding carboxylic acids is 2. The normalized spacial score (nSPS) is 21.7. The summed E-state index contributed by atoms with van der Waals surface area (Å²) in [6.07, 6.45) is 4.50. The Balaban J connectivity index is 1.38. The van der Waals surface area contributed by atoms with Crippen molar-refractivity contribution >= 4 is 23.6 Å². The Morgan fingerprint density at radius 2 is 1.96 bits per heavy atom. The van der Waals surface area contributed by atoms with Crippen LogP contribution in [0.25, 0.3) is 0 Å². The number of thioether (sulfide) groups is 1. The van der Waals surface area contributed by atoms with E-state index in [0.29, 0.717) is 24.9 Å². The van der Waals surface area contributed by atoms with Crippen LogP contribution >= 0.6 is 11.8 Å². The molecular formula is C19H25NO5S. The average molecular weight is 379 g/mol. The van der Waals surface area contributed by atoms with E-state index >= 15 is 0 Å². The molecule has 6 nitrogen and oxygen atoms in total. The molecule has 1 N–H and O–H groups in total. The third kappa shape index (κ3) is 5.30. The third-order valence-corrected chi connectivity index (χ3v) is 5.66. The van der Waals surface area contributed by atoms with Crippen molar-refractivity contribution in [2.24, 2.45) is 5.92 Å². The fourth-order valence-electron chi connectivity index (χ4n) is 3.22. The molecule has 0 unspecified atom stereocenters. The lowest BCUT2D eigenvalue weighted by molar-refractivity contribution is -0.146. The number of fused-ring (bicyclic) bond motifs is 1. The van der Waals surface area contributed by atoms with Crippen LogP contribution in [0.15, 0.2) is 23.1 Å². The highest BCUT2D eigenvalue weighted by atomic mass is 32.2. The van der Waals surface area contributed by atoms with Gasteiger partial charge >= 0.3 is 5.97 Å². The molecule has 142 valence electrons. The van der Waals surface area contributed by atoms with E-state index in [1.165, 1.54) is 18.2 Å². The quantitative estimate of drug-likeness (QED) is 0.605. The minimum absolute atomic E-state index is 0.146. The molecular weight excluding hydrogens is 354 g/mol. The van der Waals surface area contributed by atoms with Crippen molar-refractivity contribution in [3.8, 4) is 11.5 Å². The van der Waals surface area contributed by atoms with Crippen molar-refractivity contribution in [2.75, 3.05) is 25.6 Å². The molecule has 2 aliphatic rings. The second-order valence-corrected chi connectivity index (χ2v) is 7.74. The summed E-state index contributed by atoms with van der Waals surface area (Å²) in [5, 5.41) is 2.98. The number of rotatable bonds is 6. The Kier molecular flexibility index (Phi) is 6.66. The van der Waals surface area contributed by atoms with Gasteiger partial charge in [0.25, 0.3) is 5.91 Å². The molecule has 1 fully saturated rings. The van der Waals surface area contributed by atoms with Gasteiger partial charge in [0.2, 0.25) is 0 Å². The van der Waals surface area contributed by atoms with Gasteiger partial charge in [-0.05, 0) is 37.0 Å². The maximum Gasteiger partial charge on any atom is 0.316 e. The summed E-state index contributed by atoms with van der Waals surface area (Å²) in [5.41, 5.74) is 0. The summed E-state index contributed by atoms with van der Waals surface area (Å²) in [5.74, 6) is 1.41. The highest BCUT2D eigenvalue weighted by Crippen LogP contribution is 2.34. The zero-order valence-electron chi connectivity index (χ0n) is 15.0. The molecule has 1 aromatic rings. The molecule has 1 saturated carbocycles. The molecule has 1 heterocycles. The van der Waals surface area contributed by atoms with Gasteiger partial charge in [-0.25, -0.2) is 0 Å². The number of hydrogen-bond acceptors (Lipinski definition) is 6. The first-order valence-electron chi connectivity index (χ1n) is 9.09. The zero-order valence-corrected chi connectivity index (χ0v) is 15.8. The van der Waals surface area contributed by atoms with Crippen LogP contribution < -0.4 is 14.8 Å². The summed E-state index contributed by atoms with van der Waals surface area (Å²) >= 11 is 1.35. The lowest BCUT2D eigenvalue weighted by Crippen LogP contribution is -2.43. The van der Waals surface area contributed by atoms with Crippen molar-refractivity contribution in [3.63, 3.8) is 0 Å². The molecule has 3 rings (SSSR count). The number of carbonyl (C=O) groups is 2. The fraction of sp³-hybridized carbons (Fsp3) is 0.579. The van der Waals surface area contributed by atoms with Crippen LogP contribution in [0.2, 0.25) is 0 Å². The Morgan fingerprint density at radius 3 is 2.77 bits per heavy atom. The Bertz CT molecular complexity index is 651. The molecule has 26 heavy (non-hydrogen) atoms. The van der Waals surface area contributed by atoms with Gasteiger partial charge in [-0.15, -0.1) is 11.8 Å². The molecule has 0 saturated heterocycles. The number of esters is 1. The van der Waals surface area contributed by atoms with E-state index in [1.54, 1.807) is 0 Å². The Morgan fingerprint density at radius 1 is 1.19 bits per heavy atom. The molecule has 1 amide bonds. The van der Waals surface area contributed by atoms with Crippen LogP contribution in [-0.4, -0.2) is 43.5 Å². The van der Waals surface area contributed by atoms with Crippen molar-refractivity contribution in [1.82, 2.24) is 5.32 Å². The van der Waals surface area contributed by atoms with Gasteiger partial charge < -0.3 is 19.5 Å². The summed E-state index contributed by atoms with van der Waals surface area (Å²) in [6.45, 7) is 3.01. The standard InChI is InChI=1S/C19H25NO5S/c1-13-4-2-3-5-15(13)20-18(21)11-25-19(22)12-26-14-6-7-16-17(10-14)24-9-8-23-16/h6-7,10,13,15H,2-5,8-9,11-12H2,1H3,(H,20,21)/t13-,15-/m0/s1. The summed E-state index contributed by atoms with van der Waals surface area (Å²) < 4.78 is 16.1. The minimum Gasteiger partial charge on any atom is -0.486 e. The van der Waals surface area contributed by atoms with Gasteiger partial charge in [0, 0.05) is 10.9 Å². The molecule has 2 atom stereocenters. The van der Waals surface area contributed by atoms with Gasteiger partial charge in [-0.1, -0.05) is 19.8 Å². The first-order valence-corrected chi connectivity index (χ1v) is 10.1. The Labute approximate surface area is 158 Å². The lowest BCUT2D eigenvalue weighted by atomic mass is 9.86. The van der Waals surface area contributed by atoms with Gasteiger partial charge in [-0.2, -0.15) is 0 Å². The summed E-state index contributed by atoms with van der Waals surface area (Å²) in [6, 6.07) is 5.76. The van der Waals surface area contributed by atoms with E-state index in [4.69, 9.17) is 14.2 Å². The van der Waals surface area contributed by atoms with Crippen LogP contribution in [0, 0.1) is 5.92 Å². The van der Waals surface area contributed by atoms with Crippen molar-refractivity contribution < 1.29 is 23.8 Å². The molecule has 0 radical (unpaired) electrons. The van der Waals surface area contributed by atoms with Crippen molar-refractivity contribution in [2.45, 2.75) is 43.5 Å². The fourth-order valence-corrected chi connectivity index (χ4v) is 3.95. The SMILES string of the molecule is C[C@H]1CCCC[C@@H]1NC(=O)COC(=O)CSc1ccc2c(c1)OCCO2. The van der Waals surface area contributed by atoms with Crippen molar-refractivity contribution in [3.05, 3.63) is 18.2 Å². The largest absolute Gasteiger partial charge is 0.486 e. The van der Waals surface area contributed by atoms with Gasteiger partial charge in [-0.3, -0.25) is 9.59 Å². The smallest absolute Gasteiger partial charge is 0.316 e. The highest BCUT2D eigenvalue weighted by molar-refractivity contribution is 8.00. The van der Waals surface area contributed by atoms with Crippen LogP contribution in [-0.2, 0) is 14.3 Å². The maximum absolute atomic E-state index is 12.0. The van der Waals surface area contributed by atoms with Crippen molar-refractivity contribution in [1.29, 1.82) is 0 Å². The van der Waals surface area contributed by atoms with E-state index in [0.717, 1.165) is 29.9 Å². The van der Waals surface area contributed by atoms with Crippen LogP contribution in [0.1, 0.15) is 32.6 Å². The number of hydrogen-bond donors (Lipinski definition) is 1. The average Bonchev–Trinajstić information content (AvgIpc) is 2.66. The second-order valence-electron chi connectivity index (χ2n) is 6.69. The molecule has 1 aromatic carbocycles. The molecule has 0 bridgehead atoms. The number of amides is 1. The molecule has 7 heteroatoms. The van der Waals surface area contributed by atoms with Gasteiger partial charge in [0.05, 0.1) is 5.75 Å². The summed E-state index contributed by atoms with van der Waals surface area (Å²) in [4.78, 5) is 24.8. The van der Waals surface area contributed by atoms with Crippen LogP contribution in [0.5, 0.6) is 11.5 Å². The van der Waals surface area contributed by atoms with E-state index in [1.807, 2.05) is 18.2 Å². The van der Waals surface area contributed by atoms with E-state index in [9.17, 15) is 9.59 Å². The van der Waals surface area contributed by atoms with E-state index in [-0.39, 0.29) is 24.3 Å². The lowest BCUT2D eigenvalue weighted by Gasteiger charge is -2.29. The molecule has 0 aromatic heterocycles. The predicted molar refractivity (Wildman–Crippen MR) is 98.7 cm³/mol. The summed E-state index contributed by atoms with van der Waals surface area (Å²) in [7, 11) is 0. The van der Waals surface area contributed by atoms with Gasteiger partial charge in [0.15, 0.2) is 18.1 Å². The van der Waals surface area contributed by atoms with Crippen LogP contribution in [0.4, 0.5) is 0 Å². The monoisotopic (exact) mass is 379 g/mol. The molecule has 1 aliphatic carbocycles. The van der Waals surface area contributed by atoms with Crippen LogP contribution in [0.3, 0.4) is 0 Å². The number of nitrogens with one attached hydrogen (secondary N) is 1. The highest BCUT2D eigenvalue weighted by Gasteiger charge is 2.23. The minimum atomic E-state index is -0.406. The first kappa shape index (κ1) is 18.9. The third-order valence-electron chi connectivity index (χ3n) is 4.69. The topological polar surface area (TPSA) is 73.9 Å². The van der Waals surface area contributed by atoms with E-state index in [2.05, 4.69) is 12.2 Å². The second kappa shape index (κ2) is 9.16. The number of benzene rings is 1. The maximum atomic E-state index is 12.0. The van der Waals surface area contributed by atoms with E-state index < -0.39 is 5.97 Å². The molecule has 1 aliphatic heterocycles. The molecule has 0 spiro atoms. The number of ether oxygens (including phenoxy) is 3. The Hall–Kier alpha value is -1.89. The first-order chi connectivity index (χ1) is 12.6. The zero-order chi connectivity index (χ0) is 18.4.